The van der Waals surface area contributed by atoms with E-state index in [0.717, 1.165) is 25.8 Å². The lowest BCUT2D eigenvalue weighted by Crippen LogP contribution is -2.45. The molecule has 120 valence electrons. The third-order valence-corrected chi connectivity index (χ3v) is 7.43. The molecule has 2 unspecified atom stereocenters. The van der Waals surface area contributed by atoms with Crippen LogP contribution in [0.25, 0.3) is 0 Å². The largest absolute Gasteiger partial charge is 0.310 e. The van der Waals surface area contributed by atoms with Gasteiger partial charge in [0.25, 0.3) is 0 Å². The first-order chi connectivity index (χ1) is 11.3. The summed E-state index contributed by atoms with van der Waals surface area (Å²) in [5, 5.41) is 5.74. The van der Waals surface area contributed by atoms with Gasteiger partial charge in [-0.15, -0.1) is 10.9 Å². The number of thioether (sulfide) groups is 1. The van der Waals surface area contributed by atoms with Crippen molar-refractivity contribution in [1.29, 1.82) is 0 Å². The maximum atomic E-state index is 4.97. The number of nitrogens with one attached hydrogen (secondary N) is 1. The van der Waals surface area contributed by atoms with Gasteiger partial charge < -0.3 is 5.32 Å². The Bertz CT molecular complexity index is 760. The minimum Gasteiger partial charge on any atom is -0.310 e. The molecule has 0 saturated carbocycles. The SMILES string of the molecule is CCC1=S=C2C=CC=C3SC=CN=C(C4=CCCNC4C)C32C1. The number of aliphatic imine (C=N–C) groups is 1. The van der Waals surface area contributed by atoms with E-state index in [1.54, 1.807) is 4.86 Å². The minimum atomic E-state index is -0.0436. The third kappa shape index (κ3) is 2.39. The van der Waals surface area contributed by atoms with Gasteiger partial charge in [0.15, 0.2) is 0 Å². The summed E-state index contributed by atoms with van der Waals surface area (Å²) in [6.45, 7) is 5.60. The molecule has 4 heteroatoms. The highest BCUT2D eigenvalue weighted by Crippen LogP contribution is 2.51. The van der Waals surface area contributed by atoms with Crippen LogP contribution in [-0.4, -0.2) is 28.0 Å². The molecule has 1 aliphatic carbocycles. The van der Waals surface area contributed by atoms with E-state index < -0.39 is 0 Å². The van der Waals surface area contributed by atoms with Crippen molar-refractivity contribution < 1.29 is 0 Å². The van der Waals surface area contributed by atoms with Crippen LogP contribution in [-0.2, 0) is 0 Å². The van der Waals surface area contributed by atoms with Crippen LogP contribution < -0.4 is 5.32 Å². The normalized spacial score (nSPS) is 32.4. The van der Waals surface area contributed by atoms with Crippen molar-refractivity contribution in [3.63, 3.8) is 0 Å². The van der Waals surface area contributed by atoms with Gasteiger partial charge in [0.2, 0.25) is 0 Å². The summed E-state index contributed by atoms with van der Waals surface area (Å²) in [5.74, 6) is 0. The smallest absolute Gasteiger partial charge is 0.0827 e. The molecule has 2 nitrogen and oxygen atoms in total. The van der Waals surface area contributed by atoms with Crippen LogP contribution in [0.4, 0.5) is 0 Å². The Morgan fingerprint density at radius 3 is 3.17 bits per heavy atom. The lowest BCUT2D eigenvalue weighted by molar-refractivity contribution is 0.591. The molecule has 4 aliphatic rings. The van der Waals surface area contributed by atoms with Crippen molar-refractivity contribution in [2.45, 2.75) is 39.2 Å². The van der Waals surface area contributed by atoms with Crippen LogP contribution in [0.5, 0.6) is 0 Å². The molecule has 3 heterocycles. The molecule has 0 aromatic rings. The number of hydrogen-bond acceptors (Lipinski definition) is 3. The van der Waals surface area contributed by atoms with Crippen LogP contribution in [0.2, 0.25) is 0 Å². The molecule has 2 atom stereocenters. The average Bonchev–Trinajstić information content (AvgIpc) is 2.86. The van der Waals surface area contributed by atoms with Crippen molar-refractivity contribution >= 4 is 38.1 Å². The number of allylic oxidation sites excluding steroid dienone is 4. The summed E-state index contributed by atoms with van der Waals surface area (Å²) in [5.41, 5.74) is 2.61. The predicted molar refractivity (Wildman–Crippen MR) is 106 cm³/mol. The van der Waals surface area contributed by atoms with Gasteiger partial charge in [0.1, 0.15) is 0 Å². The maximum Gasteiger partial charge on any atom is 0.0827 e. The predicted octanol–water partition coefficient (Wildman–Crippen LogP) is 4.29. The quantitative estimate of drug-likeness (QED) is 0.757. The van der Waals surface area contributed by atoms with Gasteiger partial charge in [-0.05, 0) is 54.7 Å². The van der Waals surface area contributed by atoms with Crippen LogP contribution in [0.1, 0.15) is 33.1 Å². The number of hydrogen-bond donors (Lipinski definition) is 1. The fourth-order valence-electron chi connectivity index (χ4n) is 3.82. The lowest BCUT2D eigenvalue weighted by Gasteiger charge is -2.38. The van der Waals surface area contributed by atoms with Gasteiger partial charge in [-0.25, -0.2) is 0 Å². The molecule has 0 aromatic carbocycles. The Morgan fingerprint density at radius 1 is 1.43 bits per heavy atom. The molecular weight excluding hydrogens is 320 g/mol. The summed E-state index contributed by atoms with van der Waals surface area (Å²) in [6.07, 6.45) is 14.5. The molecule has 1 N–H and O–H groups in total. The Balaban J connectivity index is 1.89. The van der Waals surface area contributed by atoms with E-state index in [9.17, 15) is 0 Å². The molecule has 1 spiro atoms. The number of rotatable bonds is 2. The summed E-state index contributed by atoms with van der Waals surface area (Å²) in [4.78, 5) is 9.43. The Labute approximate surface area is 146 Å². The zero-order chi connectivity index (χ0) is 15.9. The fourth-order valence-corrected chi connectivity index (χ4v) is 6.14. The zero-order valence-electron chi connectivity index (χ0n) is 13.6. The van der Waals surface area contributed by atoms with E-state index in [-0.39, 0.29) is 5.41 Å². The Hall–Kier alpha value is -1.10. The van der Waals surface area contributed by atoms with Gasteiger partial charge in [-0.1, -0.05) is 36.9 Å². The van der Waals surface area contributed by atoms with Crippen LogP contribution in [0.3, 0.4) is 0 Å². The first-order valence-corrected chi connectivity index (χ1v) is 10.1. The van der Waals surface area contributed by atoms with E-state index >= 15 is 0 Å². The third-order valence-electron chi connectivity index (χ3n) is 5.01. The molecule has 3 aliphatic heterocycles. The maximum absolute atomic E-state index is 4.97. The van der Waals surface area contributed by atoms with Crippen LogP contribution >= 0.6 is 22.7 Å². The second-order valence-electron chi connectivity index (χ2n) is 6.34. The summed E-state index contributed by atoms with van der Waals surface area (Å²) in [7, 11) is 1.99. The second-order valence-corrected chi connectivity index (χ2v) is 8.50. The first-order valence-electron chi connectivity index (χ1n) is 8.38. The lowest BCUT2D eigenvalue weighted by atomic mass is 9.69. The average molecular weight is 343 g/mol. The summed E-state index contributed by atoms with van der Waals surface area (Å²) >= 11 is 1.84. The van der Waals surface area contributed by atoms with Crippen molar-refractivity contribution in [2.75, 3.05) is 6.54 Å². The highest BCUT2D eigenvalue weighted by atomic mass is 32.2. The highest BCUT2D eigenvalue weighted by Gasteiger charge is 2.48. The Kier molecular flexibility index (Phi) is 4.08. The standard InChI is InChI=1S/C19H22N2S2/c1-3-14-12-19-16(7-4-8-17(19)23-14)22-11-10-21-18(19)15-6-5-9-20-13(15)2/h4,6-8,10-11,13,20H,3,5,9,12H2,1-2H3. The molecule has 0 amide bonds. The van der Waals surface area contributed by atoms with E-state index in [1.807, 2.05) is 28.9 Å². The van der Waals surface area contributed by atoms with Crippen molar-refractivity contribution in [1.82, 2.24) is 5.32 Å². The van der Waals surface area contributed by atoms with Gasteiger partial charge >= 0.3 is 0 Å². The van der Waals surface area contributed by atoms with Crippen LogP contribution in [0.15, 0.2) is 51.4 Å². The number of nitrogens with zero attached hydrogens (tertiary/aromatic N) is 1. The monoisotopic (exact) mass is 342 g/mol. The van der Waals surface area contributed by atoms with Crippen molar-refractivity contribution in [2.24, 2.45) is 10.4 Å². The fraction of sp³-hybridized carbons (Fsp3) is 0.421. The molecule has 23 heavy (non-hydrogen) atoms. The van der Waals surface area contributed by atoms with Gasteiger partial charge in [-0.2, -0.15) is 0 Å². The van der Waals surface area contributed by atoms with E-state index in [1.165, 1.54) is 21.1 Å². The minimum absolute atomic E-state index is 0.0436. The molecule has 0 fully saturated rings. The van der Waals surface area contributed by atoms with Gasteiger partial charge in [0, 0.05) is 22.0 Å². The van der Waals surface area contributed by atoms with Gasteiger partial charge in [-0.3, -0.25) is 4.99 Å². The topological polar surface area (TPSA) is 24.4 Å². The molecule has 4 rings (SSSR count). The highest BCUT2D eigenvalue weighted by molar-refractivity contribution is 8.06. The molecule has 0 saturated heterocycles. The molecule has 0 aromatic heterocycles. The van der Waals surface area contributed by atoms with E-state index in [4.69, 9.17) is 4.99 Å². The molecule has 0 bridgehead atoms. The zero-order valence-corrected chi connectivity index (χ0v) is 15.3. The second kappa shape index (κ2) is 6.08. The summed E-state index contributed by atoms with van der Waals surface area (Å²) < 4.78 is 0. The Morgan fingerprint density at radius 2 is 2.35 bits per heavy atom. The van der Waals surface area contributed by atoms with Crippen molar-refractivity contribution in [3.05, 3.63) is 46.4 Å². The van der Waals surface area contributed by atoms with Crippen LogP contribution in [0, 0.1) is 5.41 Å². The van der Waals surface area contributed by atoms with Crippen molar-refractivity contribution in [3.8, 4) is 0 Å². The van der Waals surface area contributed by atoms with E-state index in [0.29, 0.717) is 6.04 Å². The van der Waals surface area contributed by atoms with E-state index in [2.05, 4.69) is 48.9 Å². The summed E-state index contributed by atoms with van der Waals surface area (Å²) in [6, 6.07) is 0.373. The molecule has 0 radical (unpaired) electrons. The first kappa shape index (κ1) is 15.4. The molecular formula is C19H22N2S2. The van der Waals surface area contributed by atoms with Gasteiger partial charge in [0.05, 0.1) is 11.1 Å².